The molecular formula is C15H18FNS. The van der Waals surface area contributed by atoms with Crippen molar-refractivity contribution in [1.29, 1.82) is 0 Å². The Morgan fingerprint density at radius 2 is 2.06 bits per heavy atom. The lowest BCUT2D eigenvalue weighted by Gasteiger charge is -2.15. The third-order valence-electron chi connectivity index (χ3n) is 3.04. The van der Waals surface area contributed by atoms with Gasteiger partial charge in [-0.1, -0.05) is 31.2 Å². The number of rotatable bonds is 6. The van der Waals surface area contributed by atoms with Crippen LogP contribution in [0.2, 0.25) is 0 Å². The summed E-state index contributed by atoms with van der Waals surface area (Å²) in [6.45, 7) is 2.97. The molecule has 1 nitrogen and oxygen atoms in total. The summed E-state index contributed by atoms with van der Waals surface area (Å²) in [5, 5.41) is 5.59. The van der Waals surface area contributed by atoms with Crippen molar-refractivity contribution in [2.45, 2.75) is 25.8 Å². The average molecular weight is 263 g/mol. The van der Waals surface area contributed by atoms with E-state index in [1.807, 2.05) is 12.1 Å². The van der Waals surface area contributed by atoms with E-state index in [0.717, 1.165) is 24.9 Å². The molecule has 0 aliphatic heterocycles. The first-order valence-corrected chi connectivity index (χ1v) is 7.19. The molecule has 0 spiro atoms. The molecule has 0 saturated carbocycles. The van der Waals surface area contributed by atoms with E-state index in [-0.39, 0.29) is 5.82 Å². The van der Waals surface area contributed by atoms with E-state index in [1.165, 1.54) is 10.9 Å². The van der Waals surface area contributed by atoms with Gasteiger partial charge >= 0.3 is 0 Å². The Bertz CT molecular complexity index is 467. The van der Waals surface area contributed by atoms with Crippen LogP contribution in [0.15, 0.2) is 41.8 Å². The van der Waals surface area contributed by atoms with E-state index in [0.29, 0.717) is 6.04 Å². The largest absolute Gasteiger partial charge is 0.309 e. The molecule has 0 aliphatic rings. The standard InChI is InChI=1S/C15H18FNS/c1-2-14(15-8-5-11-18-15)17-10-9-12-6-3-4-7-13(12)16/h3-8,11,14,17H,2,9-10H2,1H3. The Morgan fingerprint density at radius 1 is 1.22 bits per heavy atom. The smallest absolute Gasteiger partial charge is 0.126 e. The number of thiophene rings is 1. The van der Waals surface area contributed by atoms with Crippen LogP contribution in [0.3, 0.4) is 0 Å². The third-order valence-corrected chi connectivity index (χ3v) is 4.02. The Balaban J connectivity index is 1.86. The van der Waals surface area contributed by atoms with Gasteiger partial charge in [-0.2, -0.15) is 0 Å². The lowest BCUT2D eigenvalue weighted by molar-refractivity contribution is 0.522. The second kappa shape index (κ2) is 6.66. The molecule has 1 unspecified atom stereocenters. The molecule has 1 aromatic heterocycles. The molecule has 0 saturated heterocycles. The highest BCUT2D eigenvalue weighted by molar-refractivity contribution is 7.10. The van der Waals surface area contributed by atoms with Crippen molar-refractivity contribution in [3.8, 4) is 0 Å². The van der Waals surface area contributed by atoms with Crippen molar-refractivity contribution in [2.24, 2.45) is 0 Å². The first-order valence-electron chi connectivity index (χ1n) is 6.31. The monoisotopic (exact) mass is 263 g/mol. The second-order valence-corrected chi connectivity index (χ2v) is 5.25. The minimum absolute atomic E-state index is 0.108. The Morgan fingerprint density at radius 3 is 2.72 bits per heavy atom. The molecule has 2 rings (SSSR count). The summed E-state index contributed by atoms with van der Waals surface area (Å²) in [6, 6.07) is 11.6. The predicted molar refractivity (Wildman–Crippen MR) is 75.5 cm³/mol. The van der Waals surface area contributed by atoms with Crippen LogP contribution < -0.4 is 5.32 Å². The first kappa shape index (κ1) is 13.2. The van der Waals surface area contributed by atoms with Crippen LogP contribution in [0.25, 0.3) is 0 Å². The number of nitrogens with one attached hydrogen (secondary N) is 1. The minimum Gasteiger partial charge on any atom is -0.309 e. The van der Waals surface area contributed by atoms with Gasteiger partial charge in [0.1, 0.15) is 5.82 Å². The van der Waals surface area contributed by atoms with Gasteiger partial charge in [-0.25, -0.2) is 4.39 Å². The van der Waals surface area contributed by atoms with E-state index < -0.39 is 0 Å². The molecule has 0 aliphatic carbocycles. The summed E-state index contributed by atoms with van der Waals surface area (Å²) >= 11 is 1.77. The summed E-state index contributed by atoms with van der Waals surface area (Å²) in [5.41, 5.74) is 0.783. The number of hydrogen-bond acceptors (Lipinski definition) is 2. The van der Waals surface area contributed by atoms with Crippen molar-refractivity contribution in [2.75, 3.05) is 6.54 Å². The Kier molecular flexibility index (Phi) is 4.90. The maximum Gasteiger partial charge on any atom is 0.126 e. The number of benzene rings is 1. The van der Waals surface area contributed by atoms with Gasteiger partial charge < -0.3 is 5.32 Å². The maximum atomic E-state index is 13.4. The van der Waals surface area contributed by atoms with Gasteiger partial charge in [-0.15, -0.1) is 11.3 Å². The highest BCUT2D eigenvalue weighted by Crippen LogP contribution is 2.21. The van der Waals surface area contributed by atoms with Crippen LogP contribution in [0, 0.1) is 5.82 Å². The van der Waals surface area contributed by atoms with Crippen molar-refractivity contribution in [1.82, 2.24) is 5.32 Å². The van der Waals surface area contributed by atoms with E-state index >= 15 is 0 Å². The topological polar surface area (TPSA) is 12.0 Å². The molecule has 0 amide bonds. The van der Waals surface area contributed by atoms with E-state index in [1.54, 1.807) is 17.4 Å². The molecule has 0 radical (unpaired) electrons. The number of halogens is 1. The fourth-order valence-corrected chi connectivity index (χ4v) is 2.90. The molecule has 1 N–H and O–H groups in total. The lowest BCUT2D eigenvalue weighted by Crippen LogP contribution is -2.22. The Hall–Kier alpha value is -1.19. The van der Waals surface area contributed by atoms with Gasteiger partial charge in [0, 0.05) is 10.9 Å². The van der Waals surface area contributed by atoms with E-state index in [4.69, 9.17) is 0 Å². The molecule has 0 fully saturated rings. The second-order valence-electron chi connectivity index (χ2n) is 4.27. The lowest BCUT2D eigenvalue weighted by atomic mass is 10.1. The van der Waals surface area contributed by atoms with E-state index in [9.17, 15) is 4.39 Å². The molecule has 0 bridgehead atoms. The molecule has 1 atom stereocenters. The molecule has 18 heavy (non-hydrogen) atoms. The fourth-order valence-electron chi connectivity index (χ4n) is 2.02. The minimum atomic E-state index is -0.108. The molecule has 3 heteroatoms. The Labute approximate surface area is 112 Å². The van der Waals surface area contributed by atoms with Crippen molar-refractivity contribution in [3.05, 3.63) is 58.0 Å². The SMILES string of the molecule is CCC(NCCc1ccccc1F)c1cccs1. The fraction of sp³-hybridized carbons (Fsp3) is 0.333. The zero-order chi connectivity index (χ0) is 12.8. The van der Waals surface area contributed by atoms with Crippen LogP contribution >= 0.6 is 11.3 Å². The normalized spacial score (nSPS) is 12.6. The van der Waals surface area contributed by atoms with Gasteiger partial charge in [0.2, 0.25) is 0 Å². The zero-order valence-corrected chi connectivity index (χ0v) is 11.3. The van der Waals surface area contributed by atoms with Crippen molar-refractivity contribution < 1.29 is 4.39 Å². The third kappa shape index (κ3) is 3.40. The molecule has 2 aromatic rings. The van der Waals surface area contributed by atoms with Crippen LogP contribution in [0.4, 0.5) is 4.39 Å². The maximum absolute atomic E-state index is 13.4. The molecule has 1 heterocycles. The molecular weight excluding hydrogens is 245 g/mol. The van der Waals surface area contributed by atoms with Crippen LogP contribution in [0.5, 0.6) is 0 Å². The molecule has 96 valence electrons. The van der Waals surface area contributed by atoms with E-state index in [2.05, 4.69) is 29.8 Å². The molecule has 1 aromatic carbocycles. The van der Waals surface area contributed by atoms with Gasteiger partial charge in [-0.3, -0.25) is 0 Å². The van der Waals surface area contributed by atoms with Crippen molar-refractivity contribution >= 4 is 11.3 Å². The quantitative estimate of drug-likeness (QED) is 0.824. The van der Waals surface area contributed by atoms with Crippen LogP contribution in [-0.4, -0.2) is 6.54 Å². The predicted octanol–water partition coefficient (Wildman–Crippen LogP) is 4.17. The highest BCUT2D eigenvalue weighted by Gasteiger charge is 2.09. The van der Waals surface area contributed by atoms with Gasteiger partial charge in [-0.05, 0) is 42.5 Å². The van der Waals surface area contributed by atoms with Gasteiger partial charge in [0.05, 0.1) is 0 Å². The van der Waals surface area contributed by atoms with Crippen molar-refractivity contribution in [3.63, 3.8) is 0 Å². The highest BCUT2D eigenvalue weighted by atomic mass is 32.1. The summed E-state index contributed by atoms with van der Waals surface area (Å²) in [4.78, 5) is 1.35. The summed E-state index contributed by atoms with van der Waals surface area (Å²) in [7, 11) is 0. The summed E-state index contributed by atoms with van der Waals surface area (Å²) in [6.07, 6.45) is 1.78. The zero-order valence-electron chi connectivity index (χ0n) is 10.5. The van der Waals surface area contributed by atoms with Crippen LogP contribution in [0.1, 0.15) is 29.8 Å². The average Bonchev–Trinajstić information content (AvgIpc) is 2.90. The summed E-state index contributed by atoms with van der Waals surface area (Å²) in [5.74, 6) is -0.108. The van der Waals surface area contributed by atoms with Crippen LogP contribution in [-0.2, 0) is 6.42 Å². The summed E-state index contributed by atoms with van der Waals surface area (Å²) < 4.78 is 13.4. The number of hydrogen-bond donors (Lipinski definition) is 1. The van der Waals surface area contributed by atoms with Gasteiger partial charge in [0.15, 0.2) is 0 Å². The first-order chi connectivity index (χ1) is 8.81. The van der Waals surface area contributed by atoms with Gasteiger partial charge in [0.25, 0.3) is 0 Å².